The lowest BCUT2D eigenvalue weighted by Crippen LogP contribution is -2.33. The van der Waals surface area contributed by atoms with E-state index in [0.29, 0.717) is 5.76 Å². The Hall–Kier alpha value is -2.63. The zero-order chi connectivity index (χ0) is 13.6. The van der Waals surface area contributed by atoms with Gasteiger partial charge in [-0.25, -0.2) is 9.18 Å². The van der Waals surface area contributed by atoms with Gasteiger partial charge in [0.15, 0.2) is 0 Å². The maximum absolute atomic E-state index is 13.5. The normalized spacial score (nSPS) is 11.1. The van der Waals surface area contributed by atoms with Gasteiger partial charge in [0, 0.05) is 6.07 Å². The summed E-state index contributed by atoms with van der Waals surface area (Å²) < 4.78 is 19.6. The van der Waals surface area contributed by atoms with Crippen LogP contribution in [0.15, 0.2) is 44.3 Å². The molecule has 1 N–H and O–H groups in total. The van der Waals surface area contributed by atoms with Crippen molar-refractivity contribution in [1.29, 1.82) is 0 Å². The Labute approximate surface area is 105 Å². The van der Waals surface area contributed by atoms with Crippen molar-refractivity contribution in [3.8, 4) is 5.88 Å². The Balaban J connectivity index is 2.45. The Kier molecular flexibility index (Phi) is 2.38. The second kappa shape index (κ2) is 3.94. The van der Waals surface area contributed by atoms with Gasteiger partial charge < -0.3 is 9.40 Å². The molecule has 0 aliphatic carbocycles. The molecule has 3 rings (SSSR count). The Morgan fingerprint density at radius 3 is 2.68 bits per heavy atom. The van der Waals surface area contributed by atoms with E-state index in [2.05, 4.69) is 4.98 Å². The van der Waals surface area contributed by atoms with E-state index in [0.717, 1.165) is 4.57 Å². The second-order valence-electron chi connectivity index (χ2n) is 4.12. The van der Waals surface area contributed by atoms with Gasteiger partial charge in [-0.05, 0) is 25.1 Å². The number of hydrogen-bond acceptors (Lipinski definition) is 3. The van der Waals surface area contributed by atoms with Gasteiger partial charge in [0.1, 0.15) is 11.6 Å². The van der Waals surface area contributed by atoms with Crippen molar-refractivity contribution in [1.82, 2.24) is 9.55 Å². The molecule has 0 fully saturated rings. The number of halogens is 1. The summed E-state index contributed by atoms with van der Waals surface area (Å²) in [6.07, 6.45) is 0. The van der Waals surface area contributed by atoms with Gasteiger partial charge in [0.2, 0.25) is 5.88 Å². The molecule has 0 radical (unpaired) electrons. The number of furan rings is 1. The van der Waals surface area contributed by atoms with E-state index in [4.69, 9.17) is 4.42 Å². The topological polar surface area (TPSA) is 68.0 Å². The molecule has 0 bridgehead atoms. The van der Waals surface area contributed by atoms with Crippen LogP contribution in [0.25, 0.3) is 16.8 Å². The largest absolute Gasteiger partial charge is 0.445 e. The molecule has 0 unspecified atom stereocenters. The minimum atomic E-state index is -0.739. The predicted molar refractivity (Wildman–Crippen MR) is 67.1 cm³/mol. The van der Waals surface area contributed by atoms with Crippen LogP contribution in [-0.4, -0.2) is 9.55 Å². The van der Waals surface area contributed by atoms with Gasteiger partial charge >= 0.3 is 5.69 Å². The number of nitrogens with one attached hydrogen (secondary N) is 1. The second-order valence-corrected chi connectivity index (χ2v) is 4.12. The van der Waals surface area contributed by atoms with Crippen LogP contribution in [0.2, 0.25) is 0 Å². The van der Waals surface area contributed by atoms with Crippen LogP contribution in [-0.2, 0) is 0 Å². The zero-order valence-corrected chi connectivity index (χ0v) is 9.94. The first-order chi connectivity index (χ1) is 9.08. The fourth-order valence-corrected chi connectivity index (χ4v) is 1.95. The van der Waals surface area contributed by atoms with Crippen LogP contribution in [0, 0.1) is 12.7 Å². The summed E-state index contributed by atoms with van der Waals surface area (Å²) in [5.74, 6) is 0.0324. The molecule has 0 spiro atoms. The standard InChI is InChI=1S/C13H9FN2O3/c1-7-5-6-10(19-7)16-12(17)8-3-2-4-9(14)11(8)15-13(16)18/h2-6H,1H3,(H,15,18). The number of benzene rings is 1. The Morgan fingerprint density at radius 1 is 1.21 bits per heavy atom. The number of para-hydroxylation sites is 1. The number of rotatable bonds is 1. The Bertz CT molecular complexity index is 889. The van der Waals surface area contributed by atoms with Gasteiger partial charge in [-0.15, -0.1) is 0 Å². The molecule has 0 amide bonds. The fraction of sp³-hybridized carbons (Fsp3) is 0.0769. The molecule has 1 aromatic carbocycles. The van der Waals surface area contributed by atoms with Gasteiger partial charge in [0.25, 0.3) is 5.56 Å². The lowest BCUT2D eigenvalue weighted by molar-refractivity contribution is 0.501. The van der Waals surface area contributed by atoms with Crippen LogP contribution >= 0.6 is 0 Å². The molecule has 2 heterocycles. The van der Waals surface area contributed by atoms with Gasteiger partial charge in [-0.3, -0.25) is 4.79 Å². The average Bonchev–Trinajstić information content (AvgIpc) is 2.77. The summed E-state index contributed by atoms with van der Waals surface area (Å²) in [5, 5.41) is 0.0913. The first-order valence-corrected chi connectivity index (χ1v) is 5.58. The third kappa shape index (κ3) is 1.69. The van der Waals surface area contributed by atoms with Gasteiger partial charge in [-0.1, -0.05) is 6.07 Å². The molecular weight excluding hydrogens is 251 g/mol. The Morgan fingerprint density at radius 2 is 2.00 bits per heavy atom. The highest BCUT2D eigenvalue weighted by Gasteiger charge is 2.13. The van der Waals surface area contributed by atoms with Crippen molar-refractivity contribution in [3.63, 3.8) is 0 Å². The number of aryl methyl sites for hydroxylation is 1. The monoisotopic (exact) mass is 260 g/mol. The third-order valence-electron chi connectivity index (χ3n) is 2.83. The first-order valence-electron chi connectivity index (χ1n) is 5.58. The molecule has 5 nitrogen and oxygen atoms in total. The number of aromatic nitrogens is 2. The van der Waals surface area contributed by atoms with Crippen LogP contribution in [0.3, 0.4) is 0 Å². The van der Waals surface area contributed by atoms with Crippen molar-refractivity contribution in [2.24, 2.45) is 0 Å². The number of aromatic amines is 1. The summed E-state index contributed by atoms with van der Waals surface area (Å²) in [7, 11) is 0. The quantitative estimate of drug-likeness (QED) is 0.724. The smallest absolute Gasteiger partial charge is 0.336 e. The highest BCUT2D eigenvalue weighted by Crippen LogP contribution is 2.12. The molecule has 19 heavy (non-hydrogen) atoms. The lowest BCUT2D eigenvalue weighted by atomic mass is 10.2. The zero-order valence-electron chi connectivity index (χ0n) is 9.94. The summed E-state index contributed by atoms with van der Waals surface area (Å²) in [4.78, 5) is 26.5. The maximum Gasteiger partial charge on any atom is 0.336 e. The molecule has 3 aromatic rings. The first kappa shape index (κ1) is 11.5. The van der Waals surface area contributed by atoms with Crippen LogP contribution < -0.4 is 11.2 Å². The lowest BCUT2D eigenvalue weighted by Gasteiger charge is -2.03. The highest BCUT2D eigenvalue weighted by atomic mass is 19.1. The van der Waals surface area contributed by atoms with Crippen LogP contribution in [0.5, 0.6) is 0 Å². The van der Waals surface area contributed by atoms with Crippen molar-refractivity contribution >= 4 is 10.9 Å². The molecule has 2 aromatic heterocycles. The number of fused-ring (bicyclic) bond motifs is 1. The molecule has 96 valence electrons. The van der Waals surface area contributed by atoms with E-state index < -0.39 is 17.1 Å². The minimum absolute atomic E-state index is 0.0913. The molecular formula is C13H9FN2O3. The van der Waals surface area contributed by atoms with Gasteiger partial charge in [-0.2, -0.15) is 4.57 Å². The van der Waals surface area contributed by atoms with Crippen LogP contribution in [0.1, 0.15) is 5.76 Å². The molecule has 0 aliphatic rings. The molecule has 0 saturated carbocycles. The SMILES string of the molecule is Cc1ccc(-n2c(=O)[nH]c3c(F)cccc3c2=O)o1. The molecule has 0 atom stereocenters. The fourth-order valence-electron chi connectivity index (χ4n) is 1.95. The average molecular weight is 260 g/mol. The molecule has 0 saturated heterocycles. The van der Waals surface area contributed by atoms with E-state index in [1.54, 1.807) is 13.0 Å². The van der Waals surface area contributed by atoms with E-state index in [9.17, 15) is 14.0 Å². The van der Waals surface area contributed by atoms with E-state index in [-0.39, 0.29) is 16.8 Å². The van der Waals surface area contributed by atoms with Crippen LogP contribution in [0.4, 0.5) is 4.39 Å². The summed E-state index contributed by atoms with van der Waals surface area (Å²) in [6.45, 7) is 1.70. The van der Waals surface area contributed by atoms with E-state index >= 15 is 0 Å². The van der Waals surface area contributed by atoms with Crippen molar-refractivity contribution in [2.75, 3.05) is 0 Å². The molecule has 0 aliphatic heterocycles. The number of hydrogen-bond donors (Lipinski definition) is 1. The molecule has 6 heteroatoms. The minimum Gasteiger partial charge on any atom is -0.445 e. The predicted octanol–water partition coefficient (Wildman–Crippen LogP) is 1.72. The van der Waals surface area contributed by atoms with E-state index in [1.807, 2.05) is 0 Å². The van der Waals surface area contributed by atoms with Crippen molar-refractivity contribution < 1.29 is 8.81 Å². The number of nitrogens with zero attached hydrogens (tertiary/aromatic N) is 1. The van der Waals surface area contributed by atoms with Crippen molar-refractivity contribution in [2.45, 2.75) is 6.92 Å². The van der Waals surface area contributed by atoms with E-state index in [1.165, 1.54) is 24.3 Å². The summed E-state index contributed by atoms with van der Waals surface area (Å²) in [6, 6.07) is 7.19. The maximum atomic E-state index is 13.5. The summed E-state index contributed by atoms with van der Waals surface area (Å²) >= 11 is 0. The number of H-pyrrole nitrogens is 1. The van der Waals surface area contributed by atoms with Crippen molar-refractivity contribution in [3.05, 3.63) is 62.7 Å². The highest BCUT2D eigenvalue weighted by molar-refractivity contribution is 5.77. The summed E-state index contributed by atoms with van der Waals surface area (Å²) in [5.41, 5.74) is -1.46. The van der Waals surface area contributed by atoms with Gasteiger partial charge in [0.05, 0.1) is 10.9 Å². The third-order valence-corrected chi connectivity index (χ3v) is 2.83.